The topological polar surface area (TPSA) is 137 Å². The van der Waals surface area contributed by atoms with Gasteiger partial charge in [-0.15, -0.1) is 0 Å². The molecular weight excluding hydrogens is 360 g/mol. The molecule has 1 atom stereocenters. The number of nitrogens with zero attached hydrogens (tertiary/aromatic N) is 1. The third kappa shape index (κ3) is 5.80. The molecule has 0 spiro atoms. The molecule has 1 saturated heterocycles. The number of amides is 2. The number of carbonyl (C=O) groups excluding carboxylic acids is 2. The van der Waals surface area contributed by atoms with Crippen molar-refractivity contribution in [3.8, 4) is 0 Å². The first-order chi connectivity index (χ1) is 13.3. The van der Waals surface area contributed by atoms with Crippen molar-refractivity contribution in [1.82, 2.24) is 10.2 Å². The molecule has 2 rings (SSSR count). The maximum atomic E-state index is 12.7. The van der Waals surface area contributed by atoms with Gasteiger partial charge in [-0.1, -0.05) is 19.1 Å². The van der Waals surface area contributed by atoms with Crippen molar-refractivity contribution in [2.75, 3.05) is 19.6 Å². The van der Waals surface area contributed by atoms with Crippen molar-refractivity contribution in [3.05, 3.63) is 35.4 Å². The maximum absolute atomic E-state index is 12.7. The van der Waals surface area contributed by atoms with Crippen LogP contribution in [0.25, 0.3) is 0 Å². The summed E-state index contributed by atoms with van der Waals surface area (Å²) in [6.07, 6.45) is 2.15. The highest BCUT2D eigenvalue weighted by Gasteiger charge is 2.28. The van der Waals surface area contributed by atoms with E-state index in [4.69, 9.17) is 16.2 Å². The number of hydrogen-bond acceptors (Lipinski definition) is 4. The molecule has 28 heavy (non-hydrogen) atoms. The quantitative estimate of drug-likeness (QED) is 0.394. The number of nitrogen functional groups attached to an aromatic ring is 1. The smallest absolute Gasteiger partial charge is 0.303 e. The number of nitrogens with two attached hydrogens (primary N) is 1. The minimum absolute atomic E-state index is 0.00324. The van der Waals surface area contributed by atoms with Crippen LogP contribution in [0.2, 0.25) is 0 Å². The van der Waals surface area contributed by atoms with Crippen LogP contribution in [0.4, 0.5) is 0 Å². The van der Waals surface area contributed by atoms with Crippen molar-refractivity contribution in [2.24, 2.45) is 17.6 Å². The Bertz CT molecular complexity index is 724. The van der Waals surface area contributed by atoms with Crippen LogP contribution >= 0.6 is 0 Å². The third-order valence-electron chi connectivity index (χ3n) is 5.20. The molecule has 1 aromatic rings. The standard InChI is InChI=1S/C20H28N4O4/c1-2-14(20(28)24-9-7-13(8-10-24)11-17(25)26)12-23-19(27)16-5-3-15(4-6-16)18(21)22/h3-6,13-14H,2,7-12H2,1H3,(H3,21,22)(H,23,27)(H,25,26). The number of likely N-dealkylation sites (tertiary alicyclic amines) is 1. The Labute approximate surface area is 164 Å². The van der Waals surface area contributed by atoms with Gasteiger partial charge in [-0.2, -0.15) is 0 Å². The van der Waals surface area contributed by atoms with Gasteiger partial charge in [-0.3, -0.25) is 19.8 Å². The molecule has 0 radical (unpaired) electrons. The number of aliphatic carboxylic acids is 1. The summed E-state index contributed by atoms with van der Waals surface area (Å²) in [6.45, 7) is 3.28. The molecule has 1 heterocycles. The van der Waals surface area contributed by atoms with Crippen LogP contribution < -0.4 is 11.1 Å². The molecule has 8 nitrogen and oxygen atoms in total. The van der Waals surface area contributed by atoms with Gasteiger partial charge < -0.3 is 21.1 Å². The van der Waals surface area contributed by atoms with E-state index in [-0.39, 0.29) is 42.5 Å². The van der Waals surface area contributed by atoms with Crippen molar-refractivity contribution >= 4 is 23.6 Å². The van der Waals surface area contributed by atoms with Crippen molar-refractivity contribution < 1.29 is 19.5 Å². The highest BCUT2D eigenvalue weighted by atomic mass is 16.4. The zero-order chi connectivity index (χ0) is 20.7. The van der Waals surface area contributed by atoms with Crippen LogP contribution in [-0.2, 0) is 9.59 Å². The molecule has 0 saturated carbocycles. The second-order valence-corrected chi connectivity index (χ2v) is 7.17. The first-order valence-electron chi connectivity index (χ1n) is 9.55. The fourth-order valence-corrected chi connectivity index (χ4v) is 3.39. The number of amidine groups is 1. The van der Waals surface area contributed by atoms with E-state index in [2.05, 4.69) is 5.32 Å². The number of piperidine rings is 1. The summed E-state index contributed by atoms with van der Waals surface area (Å²) in [5.74, 6) is -1.31. The van der Waals surface area contributed by atoms with Crippen LogP contribution in [0.5, 0.6) is 0 Å². The zero-order valence-corrected chi connectivity index (χ0v) is 16.1. The molecule has 1 unspecified atom stereocenters. The summed E-state index contributed by atoms with van der Waals surface area (Å²) in [6, 6.07) is 6.42. The van der Waals surface area contributed by atoms with E-state index in [1.165, 1.54) is 0 Å². The molecular formula is C20H28N4O4. The normalized spacial score (nSPS) is 15.7. The van der Waals surface area contributed by atoms with Crippen LogP contribution in [0.3, 0.4) is 0 Å². The van der Waals surface area contributed by atoms with Crippen LogP contribution in [0, 0.1) is 17.2 Å². The molecule has 0 bridgehead atoms. The summed E-state index contributed by atoms with van der Waals surface area (Å²) in [5.41, 5.74) is 6.40. The van der Waals surface area contributed by atoms with Gasteiger partial charge in [0.15, 0.2) is 0 Å². The van der Waals surface area contributed by atoms with Gasteiger partial charge >= 0.3 is 5.97 Å². The lowest BCUT2D eigenvalue weighted by Gasteiger charge is -2.33. The van der Waals surface area contributed by atoms with Gasteiger partial charge in [0.2, 0.25) is 5.91 Å². The lowest BCUT2D eigenvalue weighted by Crippen LogP contribution is -2.45. The average molecular weight is 388 g/mol. The number of rotatable bonds is 8. The molecule has 1 fully saturated rings. The first kappa shape index (κ1) is 21.4. The van der Waals surface area contributed by atoms with Gasteiger partial charge in [-0.05, 0) is 37.3 Å². The minimum Gasteiger partial charge on any atom is -0.481 e. The van der Waals surface area contributed by atoms with E-state index in [9.17, 15) is 14.4 Å². The Morgan fingerprint density at radius 3 is 2.29 bits per heavy atom. The largest absolute Gasteiger partial charge is 0.481 e. The Morgan fingerprint density at radius 2 is 1.79 bits per heavy atom. The fourth-order valence-electron chi connectivity index (χ4n) is 3.39. The monoisotopic (exact) mass is 388 g/mol. The summed E-state index contributed by atoms with van der Waals surface area (Å²) in [7, 11) is 0. The van der Waals surface area contributed by atoms with Crippen LogP contribution in [0.1, 0.15) is 48.5 Å². The Balaban J connectivity index is 1.86. The Kier molecular flexibility index (Phi) is 7.54. The summed E-state index contributed by atoms with van der Waals surface area (Å²) >= 11 is 0. The Morgan fingerprint density at radius 1 is 1.21 bits per heavy atom. The van der Waals surface area contributed by atoms with Gasteiger partial charge in [0.05, 0.1) is 5.92 Å². The second-order valence-electron chi connectivity index (χ2n) is 7.17. The highest BCUT2D eigenvalue weighted by Crippen LogP contribution is 2.22. The lowest BCUT2D eigenvalue weighted by molar-refractivity contribution is -0.139. The molecule has 0 aliphatic carbocycles. The van der Waals surface area contributed by atoms with E-state index in [1.807, 2.05) is 6.92 Å². The molecule has 1 aromatic carbocycles. The van der Waals surface area contributed by atoms with Gasteiger partial charge in [0, 0.05) is 37.2 Å². The van der Waals surface area contributed by atoms with Crippen LogP contribution in [-0.4, -0.2) is 53.3 Å². The molecule has 152 valence electrons. The van der Waals surface area contributed by atoms with E-state index >= 15 is 0 Å². The number of carboxylic acid groups (broad SMARTS) is 1. The van der Waals surface area contributed by atoms with Crippen LogP contribution in [0.15, 0.2) is 24.3 Å². The number of nitrogens with one attached hydrogen (secondary N) is 2. The number of benzene rings is 1. The minimum atomic E-state index is -0.796. The van der Waals surface area contributed by atoms with E-state index in [0.29, 0.717) is 43.5 Å². The fraction of sp³-hybridized carbons (Fsp3) is 0.500. The van der Waals surface area contributed by atoms with Crippen molar-refractivity contribution in [1.29, 1.82) is 5.41 Å². The molecule has 8 heteroatoms. The Hall–Kier alpha value is -2.90. The van der Waals surface area contributed by atoms with Crippen molar-refractivity contribution in [2.45, 2.75) is 32.6 Å². The highest BCUT2D eigenvalue weighted by molar-refractivity contribution is 5.98. The van der Waals surface area contributed by atoms with Crippen molar-refractivity contribution in [3.63, 3.8) is 0 Å². The number of hydrogen-bond donors (Lipinski definition) is 4. The summed E-state index contributed by atoms with van der Waals surface area (Å²) in [5, 5.41) is 19.1. The molecule has 5 N–H and O–H groups in total. The van der Waals surface area contributed by atoms with E-state index in [1.54, 1.807) is 29.2 Å². The molecule has 0 aromatic heterocycles. The van der Waals surface area contributed by atoms with Gasteiger partial charge in [-0.25, -0.2) is 0 Å². The van der Waals surface area contributed by atoms with Gasteiger partial charge in [0.25, 0.3) is 5.91 Å². The predicted octanol–water partition coefficient (Wildman–Crippen LogP) is 1.44. The maximum Gasteiger partial charge on any atom is 0.303 e. The van der Waals surface area contributed by atoms with E-state index < -0.39 is 5.97 Å². The molecule has 1 aliphatic heterocycles. The predicted molar refractivity (Wildman–Crippen MR) is 105 cm³/mol. The zero-order valence-electron chi connectivity index (χ0n) is 16.1. The molecule has 2 amide bonds. The number of carboxylic acids is 1. The first-order valence-corrected chi connectivity index (χ1v) is 9.55. The molecule has 1 aliphatic rings. The second kappa shape index (κ2) is 9.87. The lowest BCUT2D eigenvalue weighted by atomic mass is 9.92. The van der Waals surface area contributed by atoms with E-state index in [0.717, 1.165) is 0 Å². The summed E-state index contributed by atoms with van der Waals surface area (Å²) < 4.78 is 0. The number of carbonyl (C=O) groups is 3. The van der Waals surface area contributed by atoms with Gasteiger partial charge in [0.1, 0.15) is 5.84 Å². The SMILES string of the molecule is CCC(CNC(=O)c1ccc(C(=N)N)cc1)C(=O)N1CCC(CC(=O)O)CC1. The summed E-state index contributed by atoms with van der Waals surface area (Å²) in [4.78, 5) is 37.7. The average Bonchev–Trinajstić information content (AvgIpc) is 2.68. The third-order valence-corrected chi connectivity index (χ3v) is 5.20.